The molecule has 1 atom stereocenters. The van der Waals surface area contributed by atoms with Gasteiger partial charge in [-0.25, -0.2) is 4.39 Å². The van der Waals surface area contributed by atoms with Crippen LogP contribution in [0.3, 0.4) is 0 Å². The smallest absolute Gasteiger partial charge is 0.116 e. The van der Waals surface area contributed by atoms with Crippen molar-refractivity contribution < 1.29 is 9.50 Å². The molecule has 11 heavy (non-hydrogen) atoms. The molecule has 0 amide bonds. The zero-order valence-electron chi connectivity index (χ0n) is 7.15. The molecule has 1 unspecified atom stereocenters. The Morgan fingerprint density at radius 2 is 1.91 bits per heavy atom. The summed E-state index contributed by atoms with van der Waals surface area (Å²) in [7, 11) is 0. The second-order valence-electron chi connectivity index (χ2n) is 3.88. The predicted molar refractivity (Wildman–Crippen MR) is 43.2 cm³/mol. The highest BCUT2D eigenvalue weighted by Gasteiger charge is 2.33. The van der Waals surface area contributed by atoms with Crippen molar-refractivity contribution >= 4 is 0 Å². The quantitative estimate of drug-likeness (QED) is 0.657. The third-order valence-electron chi connectivity index (χ3n) is 2.95. The average Bonchev–Trinajstić information content (AvgIpc) is 2.04. The van der Waals surface area contributed by atoms with Gasteiger partial charge in [-0.05, 0) is 18.3 Å². The molecule has 0 heterocycles. The molecule has 0 radical (unpaired) electrons. The van der Waals surface area contributed by atoms with E-state index in [9.17, 15) is 9.50 Å². The summed E-state index contributed by atoms with van der Waals surface area (Å²) in [6.45, 7) is 1.41. The highest BCUT2D eigenvalue weighted by Crippen LogP contribution is 2.38. The minimum atomic E-state index is -0.734. The third kappa shape index (κ3) is 1.92. The van der Waals surface area contributed by atoms with Gasteiger partial charge in [0.05, 0.1) is 6.10 Å². The molecular formula is C9H17FO. The van der Waals surface area contributed by atoms with Crippen molar-refractivity contribution in [2.75, 3.05) is 6.67 Å². The van der Waals surface area contributed by atoms with Gasteiger partial charge in [0, 0.05) is 0 Å². The number of aliphatic hydroxyl groups excluding tert-OH is 1. The fourth-order valence-electron chi connectivity index (χ4n) is 1.88. The molecule has 1 aliphatic carbocycles. The van der Waals surface area contributed by atoms with Crippen molar-refractivity contribution in [2.24, 2.45) is 5.41 Å². The van der Waals surface area contributed by atoms with Crippen LogP contribution in [0.5, 0.6) is 0 Å². The lowest BCUT2D eigenvalue weighted by Crippen LogP contribution is -2.35. The van der Waals surface area contributed by atoms with Crippen LogP contribution in [0, 0.1) is 5.41 Å². The van der Waals surface area contributed by atoms with Crippen LogP contribution in [0.4, 0.5) is 4.39 Å². The zero-order chi connectivity index (χ0) is 8.32. The fourth-order valence-corrected chi connectivity index (χ4v) is 1.88. The molecular weight excluding hydrogens is 143 g/mol. The van der Waals surface area contributed by atoms with Crippen molar-refractivity contribution in [3.63, 3.8) is 0 Å². The van der Waals surface area contributed by atoms with Gasteiger partial charge in [-0.3, -0.25) is 0 Å². The first-order valence-corrected chi connectivity index (χ1v) is 4.43. The molecule has 0 saturated heterocycles. The molecule has 0 spiro atoms. The summed E-state index contributed by atoms with van der Waals surface area (Å²) in [5, 5.41) is 9.37. The lowest BCUT2D eigenvalue weighted by atomic mass is 9.72. The van der Waals surface area contributed by atoms with E-state index in [0.29, 0.717) is 0 Å². The van der Waals surface area contributed by atoms with E-state index in [0.717, 1.165) is 25.7 Å². The molecule has 0 aromatic rings. The zero-order valence-corrected chi connectivity index (χ0v) is 7.15. The summed E-state index contributed by atoms with van der Waals surface area (Å²) < 4.78 is 12.2. The summed E-state index contributed by atoms with van der Waals surface area (Å²) in [5.74, 6) is 0. The van der Waals surface area contributed by atoms with Gasteiger partial charge >= 0.3 is 0 Å². The Morgan fingerprint density at radius 1 is 1.36 bits per heavy atom. The maximum Gasteiger partial charge on any atom is 0.116 e. The molecule has 1 nitrogen and oxygen atoms in total. The van der Waals surface area contributed by atoms with E-state index in [2.05, 4.69) is 0 Å². The summed E-state index contributed by atoms with van der Waals surface area (Å²) in [6, 6.07) is 0. The molecule has 1 fully saturated rings. The minimum absolute atomic E-state index is 0.132. The Kier molecular flexibility index (Phi) is 2.88. The third-order valence-corrected chi connectivity index (χ3v) is 2.95. The Hall–Kier alpha value is -0.110. The lowest BCUT2D eigenvalue weighted by Gasteiger charge is -2.36. The van der Waals surface area contributed by atoms with Crippen LogP contribution in [0.1, 0.15) is 39.0 Å². The predicted octanol–water partition coefficient (Wildman–Crippen LogP) is 2.29. The molecule has 2 heteroatoms. The number of hydrogen-bond acceptors (Lipinski definition) is 1. The lowest BCUT2D eigenvalue weighted by molar-refractivity contribution is -0.00581. The number of rotatable bonds is 2. The van der Waals surface area contributed by atoms with Crippen molar-refractivity contribution in [2.45, 2.75) is 45.1 Å². The number of aliphatic hydroxyl groups is 1. The minimum Gasteiger partial charge on any atom is -0.390 e. The molecule has 0 aliphatic heterocycles. The topological polar surface area (TPSA) is 20.2 Å². The average molecular weight is 160 g/mol. The first-order chi connectivity index (χ1) is 5.19. The van der Waals surface area contributed by atoms with Crippen LogP contribution in [0.2, 0.25) is 0 Å². The monoisotopic (exact) mass is 160 g/mol. The SMILES string of the molecule is CC1(C(O)CF)CCCCC1. The van der Waals surface area contributed by atoms with Gasteiger partial charge in [0.15, 0.2) is 0 Å². The van der Waals surface area contributed by atoms with E-state index < -0.39 is 12.8 Å². The molecule has 66 valence electrons. The standard InChI is InChI=1S/C9H17FO/c1-9(8(11)7-10)5-3-2-4-6-9/h8,11H,2-7H2,1H3. The second kappa shape index (κ2) is 3.53. The van der Waals surface area contributed by atoms with E-state index in [1.165, 1.54) is 6.42 Å². The second-order valence-corrected chi connectivity index (χ2v) is 3.88. The Bertz CT molecular complexity index is 119. The van der Waals surface area contributed by atoms with Crippen LogP contribution in [-0.2, 0) is 0 Å². The van der Waals surface area contributed by atoms with Gasteiger partial charge in [-0.1, -0.05) is 26.2 Å². The van der Waals surface area contributed by atoms with E-state index in [-0.39, 0.29) is 5.41 Å². The molecule has 0 bridgehead atoms. The Balaban J connectivity index is 2.49. The number of halogens is 1. The van der Waals surface area contributed by atoms with Gasteiger partial charge in [0.25, 0.3) is 0 Å². The Morgan fingerprint density at radius 3 is 2.36 bits per heavy atom. The van der Waals surface area contributed by atoms with Crippen LogP contribution in [0.15, 0.2) is 0 Å². The maximum absolute atomic E-state index is 12.2. The molecule has 0 aromatic heterocycles. The molecule has 1 rings (SSSR count). The van der Waals surface area contributed by atoms with E-state index in [1.54, 1.807) is 0 Å². The molecule has 0 aromatic carbocycles. The van der Waals surface area contributed by atoms with E-state index in [4.69, 9.17) is 0 Å². The summed E-state index contributed by atoms with van der Waals surface area (Å²) in [5.41, 5.74) is -0.132. The van der Waals surface area contributed by atoms with Crippen molar-refractivity contribution in [1.82, 2.24) is 0 Å². The normalized spacial score (nSPS) is 26.5. The Labute approximate surface area is 67.6 Å². The van der Waals surface area contributed by atoms with Gasteiger partial charge < -0.3 is 5.11 Å². The van der Waals surface area contributed by atoms with Crippen molar-refractivity contribution in [3.05, 3.63) is 0 Å². The summed E-state index contributed by atoms with van der Waals surface area (Å²) in [6.07, 6.45) is 4.77. The van der Waals surface area contributed by atoms with E-state index >= 15 is 0 Å². The van der Waals surface area contributed by atoms with Gasteiger partial charge in [-0.15, -0.1) is 0 Å². The van der Waals surface area contributed by atoms with Crippen LogP contribution >= 0.6 is 0 Å². The molecule has 1 saturated carbocycles. The summed E-state index contributed by atoms with van der Waals surface area (Å²) >= 11 is 0. The summed E-state index contributed by atoms with van der Waals surface area (Å²) in [4.78, 5) is 0. The van der Waals surface area contributed by atoms with E-state index in [1.807, 2.05) is 6.92 Å². The van der Waals surface area contributed by atoms with Gasteiger partial charge in [0.1, 0.15) is 6.67 Å². The van der Waals surface area contributed by atoms with Gasteiger partial charge in [0.2, 0.25) is 0 Å². The number of alkyl halides is 1. The first kappa shape index (κ1) is 8.98. The maximum atomic E-state index is 12.2. The fraction of sp³-hybridized carbons (Fsp3) is 1.00. The van der Waals surface area contributed by atoms with Crippen LogP contribution in [-0.4, -0.2) is 17.9 Å². The number of hydrogen-bond donors (Lipinski definition) is 1. The first-order valence-electron chi connectivity index (χ1n) is 4.43. The van der Waals surface area contributed by atoms with Crippen LogP contribution < -0.4 is 0 Å². The van der Waals surface area contributed by atoms with Gasteiger partial charge in [-0.2, -0.15) is 0 Å². The van der Waals surface area contributed by atoms with Crippen molar-refractivity contribution in [1.29, 1.82) is 0 Å². The van der Waals surface area contributed by atoms with Crippen molar-refractivity contribution in [3.8, 4) is 0 Å². The van der Waals surface area contributed by atoms with Crippen LogP contribution in [0.25, 0.3) is 0 Å². The molecule has 1 aliphatic rings. The molecule has 1 N–H and O–H groups in total. The highest BCUT2D eigenvalue weighted by molar-refractivity contribution is 4.84. The largest absolute Gasteiger partial charge is 0.390 e. The highest BCUT2D eigenvalue weighted by atomic mass is 19.1.